The molecular formula is C18H15ClN6O2. The molecule has 136 valence electrons. The van der Waals surface area contributed by atoms with Crippen LogP contribution in [0.4, 0.5) is 5.82 Å². The van der Waals surface area contributed by atoms with Crippen molar-refractivity contribution in [2.75, 3.05) is 12.3 Å². The molecule has 0 unspecified atom stereocenters. The van der Waals surface area contributed by atoms with Gasteiger partial charge in [-0.25, -0.2) is 9.78 Å². The van der Waals surface area contributed by atoms with Crippen LogP contribution in [0.1, 0.15) is 23.1 Å². The number of aromatic nitrogens is 5. The number of halogens is 1. The van der Waals surface area contributed by atoms with Crippen LogP contribution in [0.5, 0.6) is 0 Å². The highest BCUT2D eigenvalue weighted by Gasteiger charge is 2.22. The number of pyridine rings is 1. The summed E-state index contributed by atoms with van der Waals surface area (Å²) in [5.74, 6) is -0.595. The maximum Gasteiger partial charge on any atom is 0.362 e. The molecule has 0 atom stereocenters. The summed E-state index contributed by atoms with van der Waals surface area (Å²) in [7, 11) is 0. The number of hydrogen-bond acceptors (Lipinski definition) is 7. The van der Waals surface area contributed by atoms with E-state index in [1.807, 2.05) is 37.3 Å². The van der Waals surface area contributed by atoms with E-state index in [1.54, 1.807) is 6.92 Å². The Labute approximate surface area is 158 Å². The number of carbonyl (C=O) groups excluding carboxylic acids is 1. The van der Waals surface area contributed by atoms with Gasteiger partial charge in [0.15, 0.2) is 17.1 Å². The Kier molecular flexibility index (Phi) is 4.12. The van der Waals surface area contributed by atoms with Crippen LogP contribution >= 0.6 is 11.6 Å². The van der Waals surface area contributed by atoms with Gasteiger partial charge in [-0.1, -0.05) is 23.7 Å². The highest BCUT2D eigenvalue weighted by atomic mass is 35.5. The van der Waals surface area contributed by atoms with Crippen LogP contribution in [-0.2, 0) is 4.74 Å². The van der Waals surface area contributed by atoms with Crippen LogP contribution in [0.2, 0.25) is 5.02 Å². The van der Waals surface area contributed by atoms with Crippen molar-refractivity contribution in [3.63, 3.8) is 0 Å². The lowest BCUT2D eigenvalue weighted by atomic mass is 10.0. The van der Waals surface area contributed by atoms with Gasteiger partial charge in [0, 0.05) is 10.7 Å². The molecule has 0 aliphatic rings. The summed E-state index contributed by atoms with van der Waals surface area (Å²) in [5.41, 5.74) is 9.49. The molecule has 0 fully saturated rings. The van der Waals surface area contributed by atoms with Crippen molar-refractivity contribution in [3.8, 4) is 11.1 Å². The zero-order valence-electron chi connectivity index (χ0n) is 14.6. The lowest BCUT2D eigenvalue weighted by molar-refractivity contribution is 0.0519. The Hall–Kier alpha value is -3.26. The number of nitrogen functional groups attached to an aromatic ring is 1. The SMILES string of the molecule is CCOC(=O)c1nnc2c3c(-c4ccc(Cl)cc4)cc(C)nc3nn2c1N. The fourth-order valence-electron chi connectivity index (χ4n) is 2.91. The molecular weight excluding hydrogens is 368 g/mol. The zero-order chi connectivity index (χ0) is 19.1. The van der Waals surface area contributed by atoms with Gasteiger partial charge in [-0.05, 0) is 43.2 Å². The summed E-state index contributed by atoms with van der Waals surface area (Å²) in [5, 5.41) is 13.9. The number of hydrogen-bond donors (Lipinski definition) is 1. The molecule has 3 heterocycles. The molecule has 0 amide bonds. The van der Waals surface area contributed by atoms with Crippen molar-refractivity contribution < 1.29 is 9.53 Å². The second-order valence-corrected chi connectivity index (χ2v) is 6.34. The maximum atomic E-state index is 12.0. The third kappa shape index (κ3) is 2.83. The van der Waals surface area contributed by atoms with Gasteiger partial charge in [0.2, 0.25) is 5.69 Å². The van der Waals surface area contributed by atoms with E-state index >= 15 is 0 Å². The molecule has 4 aromatic rings. The van der Waals surface area contributed by atoms with Gasteiger partial charge in [-0.15, -0.1) is 15.3 Å². The highest BCUT2D eigenvalue weighted by Crippen LogP contribution is 2.32. The molecule has 8 nitrogen and oxygen atoms in total. The summed E-state index contributed by atoms with van der Waals surface area (Å²) in [6.07, 6.45) is 0. The van der Waals surface area contributed by atoms with Gasteiger partial charge >= 0.3 is 5.97 Å². The molecule has 2 N–H and O–H groups in total. The van der Waals surface area contributed by atoms with E-state index in [0.29, 0.717) is 21.7 Å². The average molecular weight is 383 g/mol. The van der Waals surface area contributed by atoms with Gasteiger partial charge in [-0.3, -0.25) is 0 Å². The van der Waals surface area contributed by atoms with Gasteiger partial charge in [0.05, 0.1) is 12.0 Å². The fourth-order valence-corrected chi connectivity index (χ4v) is 3.03. The minimum atomic E-state index is -0.647. The fraction of sp³-hybridized carbons (Fsp3) is 0.167. The normalized spacial score (nSPS) is 11.2. The molecule has 0 radical (unpaired) electrons. The number of aryl methyl sites for hydroxylation is 1. The van der Waals surface area contributed by atoms with Crippen molar-refractivity contribution in [2.45, 2.75) is 13.8 Å². The molecule has 4 rings (SSSR count). The van der Waals surface area contributed by atoms with E-state index in [2.05, 4.69) is 20.3 Å². The van der Waals surface area contributed by atoms with Crippen LogP contribution in [-0.4, -0.2) is 37.4 Å². The van der Waals surface area contributed by atoms with Crippen molar-refractivity contribution in [2.24, 2.45) is 0 Å². The number of nitrogens with two attached hydrogens (primary N) is 1. The summed E-state index contributed by atoms with van der Waals surface area (Å²) in [4.78, 5) is 16.5. The Bertz CT molecular complexity index is 1190. The largest absolute Gasteiger partial charge is 0.461 e. The van der Waals surface area contributed by atoms with Crippen LogP contribution in [0.3, 0.4) is 0 Å². The van der Waals surface area contributed by atoms with Crippen molar-refractivity contribution in [3.05, 3.63) is 46.7 Å². The predicted molar refractivity (Wildman–Crippen MR) is 102 cm³/mol. The zero-order valence-corrected chi connectivity index (χ0v) is 15.4. The second-order valence-electron chi connectivity index (χ2n) is 5.91. The topological polar surface area (TPSA) is 108 Å². The Balaban J connectivity index is 2.02. The van der Waals surface area contributed by atoms with E-state index in [1.165, 1.54) is 4.52 Å². The lowest BCUT2D eigenvalue weighted by Gasteiger charge is -2.06. The molecule has 9 heteroatoms. The summed E-state index contributed by atoms with van der Waals surface area (Å²) in [6.45, 7) is 3.79. The molecule has 0 saturated carbocycles. The smallest absolute Gasteiger partial charge is 0.362 e. The number of benzene rings is 1. The maximum absolute atomic E-state index is 12.0. The number of ether oxygens (including phenoxy) is 1. The lowest BCUT2D eigenvalue weighted by Crippen LogP contribution is -2.15. The molecule has 27 heavy (non-hydrogen) atoms. The number of carbonyl (C=O) groups is 1. The van der Waals surface area contributed by atoms with Gasteiger partial charge in [0.1, 0.15) is 0 Å². The number of nitrogens with zero attached hydrogens (tertiary/aromatic N) is 5. The average Bonchev–Trinajstić information content (AvgIpc) is 3.01. The van der Waals surface area contributed by atoms with Gasteiger partial charge < -0.3 is 10.5 Å². The molecule has 0 bridgehead atoms. The molecule has 0 saturated heterocycles. The van der Waals surface area contributed by atoms with Crippen molar-refractivity contribution in [1.82, 2.24) is 24.8 Å². The first-order valence-corrected chi connectivity index (χ1v) is 8.62. The Morgan fingerprint density at radius 1 is 1.26 bits per heavy atom. The monoisotopic (exact) mass is 382 g/mol. The van der Waals surface area contributed by atoms with E-state index in [-0.39, 0.29) is 18.1 Å². The Morgan fingerprint density at radius 3 is 2.70 bits per heavy atom. The van der Waals surface area contributed by atoms with Gasteiger partial charge in [-0.2, -0.15) is 4.52 Å². The number of fused-ring (bicyclic) bond motifs is 3. The number of anilines is 1. The highest BCUT2D eigenvalue weighted by molar-refractivity contribution is 6.30. The van der Waals surface area contributed by atoms with Crippen LogP contribution in [0.25, 0.3) is 27.8 Å². The third-order valence-electron chi connectivity index (χ3n) is 4.09. The quantitative estimate of drug-likeness (QED) is 0.542. The van der Waals surface area contributed by atoms with Crippen molar-refractivity contribution >= 4 is 40.1 Å². The van der Waals surface area contributed by atoms with Crippen LogP contribution in [0.15, 0.2) is 30.3 Å². The van der Waals surface area contributed by atoms with E-state index in [4.69, 9.17) is 22.1 Å². The first-order chi connectivity index (χ1) is 13.0. The molecule has 0 spiro atoms. The molecule has 1 aromatic carbocycles. The van der Waals surface area contributed by atoms with E-state index in [0.717, 1.165) is 16.8 Å². The van der Waals surface area contributed by atoms with Crippen LogP contribution in [0, 0.1) is 6.92 Å². The summed E-state index contributed by atoms with van der Waals surface area (Å²) in [6, 6.07) is 9.37. The molecule has 3 aromatic heterocycles. The standard InChI is InChI=1S/C18H15ClN6O2/c1-3-27-18(26)14-15(20)25-17(23-22-14)13-12(8-9(2)21-16(13)24-25)10-4-6-11(19)7-5-10/h4-8H,3,20H2,1-2H3. The minimum absolute atomic E-state index is 0.0520. The molecule has 0 aliphatic carbocycles. The minimum Gasteiger partial charge on any atom is -0.461 e. The number of esters is 1. The number of rotatable bonds is 3. The first-order valence-electron chi connectivity index (χ1n) is 8.25. The first kappa shape index (κ1) is 17.2. The Morgan fingerprint density at radius 2 is 2.00 bits per heavy atom. The second kappa shape index (κ2) is 6.48. The van der Waals surface area contributed by atoms with Crippen molar-refractivity contribution in [1.29, 1.82) is 0 Å². The third-order valence-corrected chi connectivity index (χ3v) is 4.34. The molecule has 0 aliphatic heterocycles. The van der Waals surface area contributed by atoms with Crippen LogP contribution < -0.4 is 5.73 Å². The van der Waals surface area contributed by atoms with Gasteiger partial charge in [0.25, 0.3) is 0 Å². The van der Waals surface area contributed by atoms with E-state index in [9.17, 15) is 4.79 Å². The van der Waals surface area contributed by atoms with E-state index < -0.39 is 5.97 Å². The predicted octanol–water partition coefficient (Wildman–Crippen LogP) is 3.06. The summed E-state index contributed by atoms with van der Waals surface area (Å²) < 4.78 is 6.34. The summed E-state index contributed by atoms with van der Waals surface area (Å²) >= 11 is 6.00.